The van der Waals surface area contributed by atoms with Crippen LogP contribution in [-0.4, -0.2) is 18.4 Å². The van der Waals surface area contributed by atoms with Crippen molar-refractivity contribution in [2.75, 3.05) is 11.6 Å². The van der Waals surface area contributed by atoms with Crippen LogP contribution in [0.2, 0.25) is 5.02 Å². The van der Waals surface area contributed by atoms with E-state index in [9.17, 15) is 14.0 Å². The Morgan fingerprint density at radius 1 is 1.00 bits per heavy atom. The number of carbonyl (C=O) groups is 2. The second-order valence-corrected chi connectivity index (χ2v) is 7.51. The van der Waals surface area contributed by atoms with E-state index in [-0.39, 0.29) is 22.8 Å². The molecule has 1 N–H and O–H groups in total. The lowest BCUT2D eigenvalue weighted by atomic mass is 10.1. The minimum absolute atomic E-state index is 0.00638. The van der Waals surface area contributed by atoms with Gasteiger partial charge in [0.25, 0.3) is 11.8 Å². The summed E-state index contributed by atoms with van der Waals surface area (Å²) in [5.74, 6) is -0.651. The molecule has 0 spiro atoms. The maximum absolute atomic E-state index is 14.0. The van der Waals surface area contributed by atoms with E-state index in [4.69, 9.17) is 21.1 Å². The van der Waals surface area contributed by atoms with Crippen molar-refractivity contribution < 1.29 is 23.5 Å². The molecule has 0 bridgehead atoms. The number of ether oxygens (including phenoxy) is 2. The van der Waals surface area contributed by atoms with Gasteiger partial charge in [-0.05, 0) is 55.0 Å². The number of rotatable bonds is 7. The second kappa shape index (κ2) is 9.75. The highest BCUT2D eigenvalue weighted by molar-refractivity contribution is 6.32. The first-order chi connectivity index (χ1) is 16.0. The fourth-order valence-electron chi connectivity index (χ4n) is 3.31. The van der Waals surface area contributed by atoms with Crippen molar-refractivity contribution in [2.24, 2.45) is 0 Å². The van der Waals surface area contributed by atoms with E-state index >= 15 is 0 Å². The lowest BCUT2D eigenvalue weighted by Crippen LogP contribution is -2.35. The smallest absolute Gasteiger partial charge is 0.282 e. The largest absolute Gasteiger partial charge is 0.490 e. The number of para-hydroxylation sites is 1. The number of nitrogens with one attached hydrogen (secondary N) is 1. The molecule has 1 fully saturated rings. The van der Waals surface area contributed by atoms with E-state index in [2.05, 4.69) is 5.43 Å². The SMILES string of the molecule is CCOc1cc(/C=C2/C(=O)NN(c3ccccc3)C2=O)ccc1OCc1c(F)cccc1Cl. The Balaban J connectivity index is 1.58. The van der Waals surface area contributed by atoms with E-state index in [1.54, 1.807) is 48.5 Å². The highest BCUT2D eigenvalue weighted by Crippen LogP contribution is 2.32. The van der Waals surface area contributed by atoms with Crippen LogP contribution in [0.4, 0.5) is 10.1 Å². The summed E-state index contributed by atoms with van der Waals surface area (Å²) in [6, 6.07) is 18.2. The molecule has 33 heavy (non-hydrogen) atoms. The van der Waals surface area contributed by atoms with Gasteiger partial charge in [-0.3, -0.25) is 15.0 Å². The van der Waals surface area contributed by atoms with Crippen molar-refractivity contribution in [3.05, 3.63) is 94.3 Å². The van der Waals surface area contributed by atoms with Crippen molar-refractivity contribution in [1.82, 2.24) is 5.43 Å². The number of hydrogen-bond donors (Lipinski definition) is 1. The molecule has 1 saturated heterocycles. The average molecular weight is 467 g/mol. The van der Waals surface area contributed by atoms with Gasteiger partial charge in [0.1, 0.15) is 18.0 Å². The molecule has 4 rings (SSSR count). The molecule has 0 aliphatic carbocycles. The zero-order valence-corrected chi connectivity index (χ0v) is 18.4. The molecule has 6 nitrogen and oxygen atoms in total. The summed E-state index contributed by atoms with van der Waals surface area (Å²) < 4.78 is 25.5. The number of nitrogens with zero attached hydrogens (tertiary/aromatic N) is 1. The van der Waals surface area contributed by atoms with Gasteiger partial charge in [0.2, 0.25) is 0 Å². The third kappa shape index (κ3) is 4.83. The van der Waals surface area contributed by atoms with Gasteiger partial charge >= 0.3 is 0 Å². The molecule has 0 radical (unpaired) electrons. The maximum atomic E-state index is 14.0. The molecule has 1 aliphatic rings. The molecule has 3 aromatic carbocycles. The number of halogens is 2. The number of amides is 2. The van der Waals surface area contributed by atoms with E-state index in [1.807, 2.05) is 13.0 Å². The summed E-state index contributed by atoms with van der Waals surface area (Å²) in [6.45, 7) is 2.09. The van der Waals surface area contributed by atoms with Crippen molar-refractivity contribution in [2.45, 2.75) is 13.5 Å². The average Bonchev–Trinajstić information content (AvgIpc) is 3.09. The molecule has 0 aromatic heterocycles. The molecule has 168 valence electrons. The van der Waals surface area contributed by atoms with Crippen LogP contribution in [0.1, 0.15) is 18.1 Å². The van der Waals surface area contributed by atoms with Crippen LogP contribution < -0.4 is 19.9 Å². The van der Waals surface area contributed by atoms with Crippen molar-refractivity contribution in [3.8, 4) is 11.5 Å². The highest BCUT2D eigenvalue weighted by atomic mass is 35.5. The Bertz CT molecular complexity index is 1210. The first-order valence-corrected chi connectivity index (χ1v) is 10.6. The fraction of sp³-hybridized carbons (Fsp3) is 0.120. The Kier molecular flexibility index (Phi) is 6.60. The van der Waals surface area contributed by atoms with Crippen LogP contribution in [0.3, 0.4) is 0 Å². The first kappa shape index (κ1) is 22.4. The Morgan fingerprint density at radius 2 is 1.79 bits per heavy atom. The molecule has 2 amide bonds. The quantitative estimate of drug-likeness (QED) is 0.396. The van der Waals surface area contributed by atoms with Crippen molar-refractivity contribution in [1.29, 1.82) is 0 Å². The summed E-state index contributed by atoms with van der Waals surface area (Å²) >= 11 is 6.07. The topological polar surface area (TPSA) is 67.9 Å². The lowest BCUT2D eigenvalue weighted by molar-refractivity contribution is -0.117. The normalized spacial score (nSPS) is 14.5. The van der Waals surface area contributed by atoms with Crippen LogP contribution in [0, 0.1) is 5.82 Å². The Morgan fingerprint density at radius 3 is 2.52 bits per heavy atom. The summed E-state index contributed by atoms with van der Waals surface area (Å²) in [6.07, 6.45) is 1.49. The minimum Gasteiger partial charge on any atom is -0.490 e. The molecule has 0 saturated carbocycles. The molecule has 1 heterocycles. The first-order valence-electron chi connectivity index (χ1n) is 10.2. The zero-order chi connectivity index (χ0) is 23.4. The zero-order valence-electron chi connectivity index (χ0n) is 17.7. The second-order valence-electron chi connectivity index (χ2n) is 7.10. The molecule has 0 unspecified atom stereocenters. The standard InChI is InChI=1S/C25H20ClFN2O4/c1-2-32-23-14-16(11-12-22(23)33-15-19-20(26)9-6-10-21(19)27)13-18-24(30)28-29(25(18)31)17-7-4-3-5-8-17/h3-14H,2,15H2,1H3,(H,28,30)/b18-13-. The summed E-state index contributed by atoms with van der Waals surface area (Å²) in [5.41, 5.74) is 3.93. The predicted octanol–water partition coefficient (Wildman–Crippen LogP) is 4.92. The number of hydrazine groups is 1. The van der Waals surface area contributed by atoms with Gasteiger partial charge in [0.15, 0.2) is 11.5 Å². The van der Waals surface area contributed by atoms with Crippen molar-refractivity contribution >= 4 is 35.2 Å². The number of anilines is 1. The van der Waals surface area contributed by atoms with E-state index in [0.29, 0.717) is 29.4 Å². The van der Waals surface area contributed by atoms with E-state index in [1.165, 1.54) is 23.2 Å². The molecular formula is C25H20ClFN2O4. The number of hydrogen-bond acceptors (Lipinski definition) is 4. The lowest BCUT2D eigenvalue weighted by Gasteiger charge is -2.14. The van der Waals surface area contributed by atoms with Crippen LogP contribution in [0.25, 0.3) is 6.08 Å². The third-order valence-corrected chi connectivity index (χ3v) is 5.27. The third-order valence-electron chi connectivity index (χ3n) is 4.92. The molecular weight excluding hydrogens is 447 g/mol. The monoisotopic (exact) mass is 466 g/mol. The number of carbonyl (C=O) groups excluding carboxylic acids is 2. The van der Waals surface area contributed by atoms with Crippen LogP contribution in [0.15, 0.2) is 72.3 Å². The van der Waals surface area contributed by atoms with Gasteiger partial charge in [-0.2, -0.15) is 0 Å². The minimum atomic E-state index is -0.503. The predicted molar refractivity (Wildman–Crippen MR) is 123 cm³/mol. The van der Waals surface area contributed by atoms with Crippen LogP contribution in [-0.2, 0) is 16.2 Å². The molecule has 0 atom stereocenters. The number of benzene rings is 3. The summed E-state index contributed by atoms with van der Waals surface area (Å²) in [5, 5.41) is 1.47. The summed E-state index contributed by atoms with van der Waals surface area (Å²) in [7, 11) is 0. The molecule has 1 aliphatic heterocycles. The fourth-order valence-corrected chi connectivity index (χ4v) is 3.52. The maximum Gasteiger partial charge on any atom is 0.282 e. The van der Waals surface area contributed by atoms with Crippen molar-refractivity contribution in [3.63, 3.8) is 0 Å². The van der Waals surface area contributed by atoms with Gasteiger partial charge < -0.3 is 9.47 Å². The van der Waals surface area contributed by atoms with E-state index < -0.39 is 17.6 Å². The van der Waals surface area contributed by atoms with Gasteiger partial charge in [-0.25, -0.2) is 9.40 Å². The van der Waals surface area contributed by atoms with Gasteiger partial charge in [0, 0.05) is 5.56 Å². The van der Waals surface area contributed by atoms with Gasteiger partial charge in [0.05, 0.1) is 17.3 Å². The van der Waals surface area contributed by atoms with Gasteiger partial charge in [-0.1, -0.05) is 41.9 Å². The summed E-state index contributed by atoms with van der Waals surface area (Å²) in [4.78, 5) is 25.2. The van der Waals surface area contributed by atoms with Gasteiger partial charge in [-0.15, -0.1) is 0 Å². The Labute approximate surface area is 195 Å². The molecule has 8 heteroatoms. The highest BCUT2D eigenvalue weighted by Gasteiger charge is 2.34. The van der Waals surface area contributed by atoms with E-state index in [0.717, 1.165) is 0 Å². The Hall–Kier alpha value is -3.84. The van der Waals surface area contributed by atoms with Crippen LogP contribution in [0.5, 0.6) is 11.5 Å². The van der Waals surface area contributed by atoms with Crippen LogP contribution >= 0.6 is 11.6 Å². The molecule has 3 aromatic rings.